The zero-order chi connectivity index (χ0) is 16.2. The standard InChI is InChI=1S/C22H30O/c1-4-5-10-16(2)17(3)23-15-22-20-13-8-6-11-18(20)19-12-7-9-14-21(19)22/h6-9,11-14,16-18,20,22H,4-5,10,15H2,1-3H3. The molecule has 23 heavy (non-hydrogen) atoms. The highest BCUT2D eigenvalue weighted by Gasteiger charge is 2.38. The van der Waals surface area contributed by atoms with Crippen molar-refractivity contribution in [2.75, 3.05) is 6.61 Å². The number of hydrogen-bond donors (Lipinski definition) is 0. The van der Waals surface area contributed by atoms with Crippen LogP contribution in [0.2, 0.25) is 0 Å². The minimum Gasteiger partial charge on any atom is -0.378 e. The number of hydrogen-bond acceptors (Lipinski definition) is 1. The first-order valence-electron chi connectivity index (χ1n) is 9.27. The van der Waals surface area contributed by atoms with E-state index in [2.05, 4.69) is 69.3 Å². The molecule has 5 atom stereocenters. The molecule has 0 heterocycles. The molecule has 1 heteroatoms. The van der Waals surface area contributed by atoms with Crippen molar-refractivity contribution in [2.45, 2.75) is 58.0 Å². The van der Waals surface area contributed by atoms with Gasteiger partial charge < -0.3 is 4.74 Å². The number of ether oxygens (including phenoxy) is 1. The van der Waals surface area contributed by atoms with Crippen molar-refractivity contribution in [1.82, 2.24) is 0 Å². The fourth-order valence-electron chi connectivity index (χ4n) is 4.06. The zero-order valence-electron chi connectivity index (χ0n) is 14.7. The maximum atomic E-state index is 6.33. The molecule has 0 radical (unpaired) electrons. The number of fused-ring (bicyclic) bond motifs is 3. The summed E-state index contributed by atoms with van der Waals surface area (Å²) in [7, 11) is 0. The van der Waals surface area contributed by atoms with Gasteiger partial charge in [0.2, 0.25) is 0 Å². The molecule has 0 fully saturated rings. The van der Waals surface area contributed by atoms with Crippen LogP contribution in [0.25, 0.3) is 0 Å². The molecule has 0 amide bonds. The quantitative estimate of drug-likeness (QED) is 0.614. The van der Waals surface area contributed by atoms with Crippen LogP contribution in [-0.2, 0) is 4.74 Å². The van der Waals surface area contributed by atoms with Crippen LogP contribution in [0, 0.1) is 11.8 Å². The van der Waals surface area contributed by atoms with Crippen molar-refractivity contribution >= 4 is 0 Å². The molecular formula is C22H30O. The summed E-state index contributed by atoms with van der Waals surface area (Å²) in [6, 6.07) is 8.93. The van der Waals surface area contributed by atoms with Crippen molar-refractivity contribution in [2.24, 2.45) is 11.8 Å². The molecule has 0 aromatic heterocycles. The Morgan fingerprint density at radius 1 is 1.04 bits per heavy atom. The molecule has 1 aromatic rings. The van der Waals surface area contributed by atoms with E-state index in [0.29, 0.717) is 29.8 Å². The molecule has 0 spiro atoms. The fourth-order valence-corrected chi connectivity index (χ4v) is 4.06. The van der Waals surface area contributed by atoms with Crippen molar-refractivity contribution in [1.29, 1.82) is 0 Å². The molecule has 2 aliphatic rings. The smallest absolute Gasteiger partial charge is 0.0572 e. The van der Waals surface area contributed by atoms with E-state index in [-0.39, 0.29) is 0 Å². The largest absolute Gasteiger partial charge is 0.378 e. The summed E-state index contributed by atoms with van der Waals surface area (Å²) in [6.45, 7) is 7.68. The Bertz CT molecular complexity index is 571. The van der Waals surface area contributed by atoms with Gasteiger partial charge in [0.1, 0.15) is 0 Å². The number of benzene rings is 1. The number of allylic oxidation sites excluding steroid dienone is 4. The topological polar surface area (TPSA) is 9.23 Å². The second kappa shape index (κ2) is 7.49. The number of rotatable bonds is 7. The highest BCUT2D eigenvalue weighted by atomic mass is 16.5. The molecule has 0 aliphatic heterocycles. The maximum absolute atomic E-state index is 6.33. The molecule has 5 unspecified atom stereocenters. The number of unbranched alkanes of at least 4 members (excludes halogenated alkanes) is 1. The fraction of sp³-hybridized carbons (Fsp3) is 0.545. The predicted molar refractivity (Wildman–Crippen MR) is 97.8 cm³/mol. The molecule has 0 saturated heterocycles. The minimum absolute atomic E-state index is 0.343. The Morgan fingerprint density at radius 2 is 1.78 bits per heavy atom. The van der Waals surface area contributed by atoms with Crippen molar-refractivity contribution in [3.05, 3.63) is 59.7 Å². The summed E-state index contributed by atoms with van der Waals surface area (Å²) in [6.07, 6.45) is 13.3. The first kappa shape index (κ1) is 16.5. The van der Waals surface area contributed by atoms with Crippen molar-refractivity contribution in [3.8, 4) is 0 Å². The third-order valence-electron chi connectivity index (χ3n) is 5.75. The summed E-state index contributed by atoms with van der Waals surface area (Å²) in [5, 5.41) is 0. The summed E-state index contributed by atoms with van der Waals surface area (Å²) >= 11 is 0. The monoisotopic (exact) mass is 310 g/mol. The maximum Gasteiger partial charge on any atom is 0.0572 e. The minimum atomic E-state index is 0.343. The van der Waals surface area contributed by atoms with Gasteiger partial charge >= 0.3 is 0 Å². The van der Waals surface area contributed by atoms with Crippen LogP contribution in [0.15, 0.2) is 48.6 Å². The summed E-state index contributed by atoms with van der Waals surface area (Å²) < 4.78 is 6.33. The highest BCUT2D eigenvalue weighted by Crippen LogP contribution is 2.49. The van der Waals surface area contributed by atoms with Gasteiger partial charge in [0.05, 0.1) is 12.7 Å². The van der Waals surface area contributed by atoms with E-state index >= 15 is 0 Å². The van der Waals surface area contributed by atoms with Gasteiger partial charge in [0.15, 0.2) is 0 Å². The molecule has 2 aliphatic carbocycles. The van der Waals surface area contributed by atoms with Gasteiger partial charge in [-0.2, -0.15) is 0 Å². The van der Waals surface area contributed by atoms with Gasteiger partial charge in [0.25, 0.3) is 0 Å². The van der Waals surface area contributed by atoms with Gasteiger partial charge in [-0.05, 0) is 36.3 Å². The Morgan fingerprint density at radius 3 is 2.57 bits per heavy atom. The predicted octanol–water partition coefficient (Wildman–Crippen LogP) is 5.84. The summed E-state index contributed by atoms with van der Waals surface area (Å²) in [4.78, 5) is 0. The van der Waals surface area contributed by atoms with Gasteiger partial charge in [0, 0.05) is 11.8 Å². The van der Waals surface area contributed by atoms with Crippen LogP contribution >= 0.6 is 0 Å². The Kier molecular flexibility index (Phi) is 5.38. The lowest BCUT2D eigenvalue weighted by Gasteiger charge is -2.26. The summed E-state index contributed by atoms with van der Waals surface area (Å²) in [5.74, 6) is 2.25. The first-order chi connectivity index (χ1) is 11.2. The van der Waals surface area contributed by atoms with Crippen LogP contribution in [-0.4, -0.2) is 12.7 Å². The normalized spacial score (nSPS) is 27.5. The zero-order valence-corrected chi connectivity index (χ0v) is 14.7. The van der Waals surface area contributed by atoms with E-state index in [1.807, 2.05) is 0 Å². The van der Waals surface area contributed by atoms with E-state index in [0.717, 1.165) is 6.61 Å². The van der Waals surface area contributed by atoms with Crippen LogP contribution < -0.4 is 0 Å². The summed E-state index contributed by atoms with van der Waals surface area (Å²) in [5.41, 5.74) is 2.99. The second-order valence-corrected chi connectivity index (χ2v) is 7.27. The average Bonchev–Trinajstić information content (AvgIpc) is 2.91. The van der Waals surface area contributed by atoms with Crippen molar-refractivity contribution in [3.63, 3.8) is 0 Å². The van der Waals surface area contributed by atoms with E-state index in [1.165, 1.54) is 30.4 Å². The first-order valence-corrected chi connectivity index (χ1v) is 9.27. The van der Waals surface area contributed by atoms with Gasteiger partial charge in [-0.15, -0.1) is 0 Å². The van der Waals surface area contributed by atoms with Crippen LogP contribution in [0.5, 0.6) is 0 Å². The Balaban J connectivity index is 1.68. The van der Waals surface area contributed by atoms with E-state index in [4.69, 9.17) is 4.74 Å². The Hall–Kier alpha value is -1.34. The van der Waals surface area contributed by atoms with Gasteiger partial charge in [-0.3, -0.25) is 0 Å². The molecule has 1 aromatic carbocycles. The van der Waals surface area contributed by atoms with Gasteiger partial charge in [-0.1, -0.05) is 75.3 Å². The highest BCUT2D eigenvalue weighted by molar-refractivity contribution is 5.46. The van der Waals surface area contributed by atoms with Crippen LogP contribution in [0.4, 0.5) is 0 Å². The molecule has 124 valence electrons. The van der Waals surface area contributed by atoms with E-state index in [1.54, 1.807) is 0 Å². The third kappa shape index (κ3) is 3.45. The lowest BCUT2D eigenvalue weighted by Crippen LogP contribution is -2.23. The molecule has 0 N–H and O–H groups in total. The van der Waals surface area contributed by atoms with Gasteiger partial charge in [-0.25, -0.2) is 0 Å². The molecule has 3 rings (SSSR count). The van der Waals surface area contributed by atoms with Crippen molar-refractivity contribution < 1.29 is 4.74 Å². The average molecular weight is 310 g/mol. The molecule has 0 saturated carbocycles. The third-order valence-corrected chi connectivity index (χ3v) is 5.75. The Labute approximate surface area is 141 Å². The lowest BCUT2D eigenvalue weighted by atomic mass is 9.84. The van der Waals surface area contributed by atoms with E-state index < -0.39 is 0 Å². The molecular weight excluding hydrogens is 280 g/mol. The second-order valence-electron chi connectivity index (χ2n) is 7.27. The lowest BCUT2D eigenvalue weighted by molar-refractivity contribution is 0.0146. The molecule has 1 nitrogen and oxygen atoms in total. The van der Waals surface area contributed by atoms with Crippen LogP contribution in [0.1, 0.15) is 63.0 Å². The molecule has 0 bridgehead atoms. The SMILES string of the molecule is CCCCC(C)C(C)OCC1c2ccccc2C2C=CC=CC21. The van der Waals surface area contributed by atoms with E-state index in [9.17, 15) is 0 Å². The van der Waals surface area contributed by atoms with Crippen LogP contribution in [0.3, 0.4) is 0 Å².